The van der Waals surface area contributed by atoms with E-state index < -0.39 is 0 Å². The number of carbonyl (C=O) groups excluding carboxylic acids is 1. The molecule has 2 aromatic carbocycles. The average molecular weight is 442 g/mol. The van der Waals surface area contributed by atoms with Crippen LogP contribution in [-0.4, -0.2) is 55.4 Å². The number of amides is 1. The highest BCUT2D eigenvalue weighted by atomic mass is 35.5. The van der Waals surface area contributed by atoms with Crippen LogP contribution in [0, 0.1) is 0 Å². The Morgan fingerprint density at radius 1 is 1.10 bits per heavy atom. The van der Waals surface area contributed by atoms with Crippen molar-refractivity contribution in [1.29, 1.82) is 0 Å². The van der Waals surface area contributed by atoms with Crippen LogP contribution in [0.4, 0.5) is 0 Å². The van der Waals surface area contributed by atoms with Gasteiger partial charge in [-0.3, -0.25) is 9.69 Å². The normalized spacial score (nSPS) is 19.3. The van der Waals surface area contributed by atoms with Crippen molar-refractivity contribution >= 4 is 23.2 Å². The number of piperidine rings is 1. The summed E-state index contributed by atoms with van der Waals surface area (Å²) in [6.07, 6.45) is 4.07. The van der Waals surface area contributed by atoms with Crippen LogP contribution in [0.25, 0.3) is 0 Å². The van der Waals surface area contributed by atoms with Crippen molar-refractivity contribution in [1.82, 2.24) is 9.91 Å². The zero-order chi connectivity index (χ0) is 21.8. The molecule has 6 nitrogen and oxygen atoms in total. The van der Waals surface area contributed by atoms with Crippen LogP contribution in [-0.2, 0) is 4.79 Å². The van der Waals surface area contributed by atoms with E-state index in [2.05, 4.69) is 4.90 Å². The minimum atomic E-state index is -0.260. The first kappa shape index (κ1) is 21.7. The second-order valence-electron chi connectivity index (χ2n) is 7.93. The van der Waals surface area contributed by atoms with Crippen molar-refractivity contribution in [2.24, 2.45) is 5.10 Å². The van der Waals surface area contributed by atoms with E-state index in [0.717, 1.165) is 42.8 Å². The summed E-state index contributed by atoms with van der Waals surface area (Å²) in [5, 5.41) is 7.02. The first-order valence-electron chi connectivity index (χ1n) is 10.7. The second kappa shape index (κ2) is 9.71. The summed E-state index contributed by atoms with van der Waals surface area (Å²) in [7, 11) is 3.25. The van der Waals surface area contributed by atoms with E-state index >= 15 is 0 Å². The summed E-state index contributed by atoms with van der Waals surface area (Å²) in [4.78, 5) is 15.6. The van der Waals surface area contributed by atoms with Gasteiger partial charge in [-0.2, -0.15) is 5.10 Å². The smallest absolute Gasteiger partial charge is 0.257 e. The number of nitrogens with zero attached hydrogens (tertiary/aromatic N) is 3. The Balaban J connectivity index is 1.67. The summed E-state index contributed by atoms with van der Waals surface area (Å²) < 4.78 is 11.0. The van der Waals surface area contributed by atoms with Gasteiger partial charge in [-0.15, -0.1) is 0 Å². The zero-order valence-electron chi connectivity index (χ0n) is 18.0. The predicted octanol–water partition coefficient (Wildman–Crippen LogP) is 4.52. The summed E-state index contributed by atoms with van der Waals surface area (Å²) in [6, 6.07) is 13.0. The van der Waals surface area contributed by atoms with Crippen LogP contribution in [0.2, 0.25) is 5.02 Å². The number of benzene rings is 2. The van der Waals surface area contributed by atoms with E-state index in [0.29, 0.717) is 29.5 Å². The van der Waals surface area contributed by atoms with Crippen LogP contribution in [0.1, 0.15) is 42.9 Å². The lowest BCUT2D eigenvalue weighted by atomic mass is 9.97. The molecule has 0 radical (unpaired) electrons. The highest BCUT2D eigenvalue weighted by Gasteiger charge is 2.36. The fourth-order valence-electron chi connectivity index (χ4n) is 4.32. The number of rotatable bonds is 6. The third kappa shape index (κ3) is 4.70. The lowest BCUT2D eigenvalue weighted by molar-refractivity contribution is -0.134. The molecule has 4 rings (SSSR count). The number of hydrogen-bond donors (Lipinski definition) is 0. The molecule has 0 bridgehead atoms. The van der Waals surface area contributed by atoms with Gasteiger partial charge in [-0.1, -0.05) is 36.2 Å². The molecular formula is C24H28ClN3O3. The van der Waals surface area contributed by atoms with Crippen molar-refractivity contribution in [3.05, 3.63) is 58.6 Å². The van der Waals surface area contributed by atoms with Crippen molar-refractivity contribution in [3.8, 4) is 11.5 Å². The number of carbonyl (C=O) groups is 1. The number of hydrazone groups is 1. The van der Waals surface area contributed by atoms with Gasteiger partial charge in [-0.05, 0) is 44.1 Å². The SMILES string of the molecule is COc1ccc(C2CC(c3ccccc3Cl)=NN2C(=O)CN2CCCCC2)c(OC)c1. The Hall–Kier alpha value is -2.57. The molecule has 7 heteroatoms. The van der Waals surface area contributed by atoms with Gasteiger partial charge in [0, 0.05) is 28.6 Å². The molecule has 2 aliphatic heterocycles. The molecule has 0 saturated carbocycles. The van der Waals surface area contributed by atoms with Gasteiger partial charge in [0.1, 0.15) is 11.5 Å². The van der Waals surface area contributed by atoms with Gasteiger partial charge in [-0.25, -0.2) is 5.01 Å². The van der Waals surface area contributed by atoms with Crippen LogP contribution in [0.5, 0.6) is 11.5 Å². The lowest BCUT2D eigenvalue weighted by Crippen LogP contribution is -2.40. The van der Waals surface area contributed by atoms with E-state index in [1.54, 1.807) is 19.2 Å². The Morgan fingerprint density at radius 3 is 2.58 bits per heavy atom. The fourth-order valence-corrected chi connectivity index (χ4v) is 4.56. The predicted molar refractivity (Wildman–Crippen MR) is 122 cm³/mol. The highest BCUT2D eigenvalue weighted by molar-refractivity contribution is 6.34. The zero-order valence-corrected chi connectivity index (χ0v) is 18.8. The summed E-state index contributed by atoms with van der Waals surface area (Å²) >= 11 is 6.45. The van der Waals surface area contributed by atoms with Crippen molar-refractivity contribution in [3.63, 3.8) is 0 Å². The molecule has 1 atom stereocenters. The first-order valence-corrected chi connectivity index (χ1v) is 11.1. The topological polar surface area (TPSA) is 54.4 Å². The van der Waals surface area contributed by atoms with E-state index in [4.69, 9.17) is 26.2 Å². The van der Waals surface area contributed by atoms with Crippen molar-refractivity contribution < 1.29 is 14.3 Å². The van der Waals surface area contributed by atoms with Crippen LogP contribution >= 0.6 is 11.6 Å². The second-order valence-corrected chi connectivity index (χ2v) is 8.34. The minimum absolute atomic E-state index is 0.00757. The average Bonchev–Trinajstić information content (AvgIpc) is 3.24. The first-order chi connectivity index (χ1) is 15.1. The van der Waals surface area contributed by atoms with Gasteiger partial charge < -0.3 is 9.47 Å². The Kier molecular flexibility index (Phi) is 6.78. The third-order valence-corrected chi connectivity index (χ3v) is 6.29. The van der Waals surface area contributed by atoms with E-state index in [9.17, 15) is 4.79 Å². The maximum absolute atomic E-state index is 13.4. The highest BCUT2D eigenvalue weighted by Crippen LogP contribution is 2.39. The van der Waals surface area contributed by atoms with Crippen LogP contribution in [0.3, 0.4) is 0 Å². The molecule has 164 valence electrons. The molecule has 0 N–H and O–H groups in total. The minimum Gasteiger partial charge on any atom is -0.497 e. The molecule has 0 spiro atoms. The largest absolute Gasteiger partial charge is 0.497 e. The van der Waals surface area contributed by atoms with E-state index in [1.165, 1.54) is 6.42 Å². The third-order valence-electron chi connectivity index (χ3n) is 5.96. The number of halogens is 1. The van der Waals surface area contributed by atoms with Gasteiger partial charge in [0.2, 0.25) is 0 Å². The summed E-state index contributed by atoms with van der Waals surface area (Å²) in [5.41, 5.74) is 2.57. The molecule has 0 aromatic heterocycles. The number of hydrogen-bond acceptors (Lipinski definition) is 5. The maximum Gasteiger partial charge on any atom is 0.257 e. The van der Waals surface area contributed by atoms with Crippen LogP contribution < -0.4 is 9.47 Å². The number of methoxy groups -OCH3 is 2. The van der Waals surface area contributed by atoms with Gasteiger partial charge in [0.05, 0.1) is 32.5 Å². The van der Waals surface area contributed by atoms with Crippen LogP contribution in [0.15, 0.2) is 47.6 Å². The Morgan fingerprint density at radius 2 is 1.87 bits per heavy atom. The van der Waals surface area contributed by atoms with E-state index in [1.807, 2.05) is 42.5 Å². The van der Waals surface area contributed by atoms with Gasteiger partial charge >= 0.3 is 0 Å². The molecule has 1 saturated heterocycles. The molecule has 1 amide bonds. The fraction of sp³-hybridized carbons (Fsp3) is 0.417. The molecule has 2 aromatic rings. The summed E-state index contributed by atoms with van der Waals surface area (Å²) in [5.74, 6) is 1.37. The summed E-state index contributed by atoms with van der Waals surface area (Å²) in [6.45, 7) is 2.28. The Labute approximate surface area is 188 Å². The standard InChI is InChI=1S/C24H28ClN3O3/c1-30-17-10-11-19(23(14-17)31-2)22-15-21(18-8-4-5-9-20(18)25)26-28(22)24(29)16-27-12-6-3-7-13-27/h4-5,8-11,14,22H,3,6-7,12-13,15-16H2,1-2H3. The van der Waals surface area contributed by atoms with Crippen molar-refractivity contribution in [2.75, 3.05) is 33.9 Å². The Bertz CT molecular complexity index is 972. The maximum atomic E-state index is 13.4. The molecule has 0 aliphatic carbocycles. The number of ether oxygens (including phenoxy) is 2. The van der Waals surface area contributed by atoms with Crippen molar-refractivity contribution in [2.45, 2.75) is 31.7 Å². The lowest BCUT2D eigenvalue weighted by Gasteiger charge is -2.29. The molecular weight excluding hydrogens is 414 g/mol. The molecule has 2 heterocycles. The molecule has 1 unspecified atom stereocenters. The molecule has 1 fully saturated rings. The number of likely N-dealkylation sites (tertiary alicyclic amines) is 1. The quantitative estimate of drug-likeness (QED) is 0.661. The molecule has 31 heavy (non-hydrogen) atoms. The van der Waals surface area contributed by atoms with Gasteiger partial charge in [0.15, 0.2) is 0 Å². The monoisotopic (exact) mass is 441 g/mol. The van der Waals surface area contributed by atoms with E-state index in [-0.39, 0.29) is 11.9 Å². The van der Waals surface area contributed by atoms with Gasteiger partial charge in [0.25, 0.3) is 5.91 Å². The molecule has 2 aliphatic rings.